The highest BCUT2D eigenvalue weighted by Crippen LogP contribution is 2.24. The fourth-order valence-corrected chi connectivity index (χ4v) is 2.33. The third-order valence-electron chi connectivity index (χ3n) is 3.37. The van der Waals surface area contributed by atoms with Gasteiger partial charge in [-0.2, -0.15) is 0 Å². The van der Waals surface area contributed by atoms with Crippen molar-refractivity contribution in [2.75, 3.05) is 13.1 Å². The van der Waals surface area contributed by atoms with Gasteiger partial charge in [-0.25, -0.2) is 0 Å². The van der Waals surface area contributed by atoms with Crippen molar-refractivity contribution in [1.82, 2.24) is 5.32 Å². The fraction of sp³-hybridized carbons (Fsp3) is 0.333. The molecule has 0 heterocycles. The van der Waals surface area contributed by atoms with Crippen molar-refractivity contribution in [3.05, 3.63) is 60.2 Å². The SMILES string of the molecule is CCCC(NCCN)c1ccc(Oc2ccccc2)cc1. The van der Waals surface area contributed by atoms with Crippen molar-refractivity contribution in [2.24, 2.45) is 5.73 Å². The Kier molecular flexibility index (Phi) is 6.25. The zero-order chi connectivity index (χ0) is 14.9. The Balaban J connectivity index is 2.02. The van der Waals surface area contributed by atoms with Gasteiger partial charge in [-0.3, -0.25) is 0 Å². The lowest BCUT2D eigenvalue weighted by molar-refractivity contribution is 0.479. The van der Waals surface area contributed by atoms with E-state index < -0.39 is 0 Å². The zero-order valence-corrected chi connectivity index (χ0v) is 12.6. The van der Waals surface area contributed by atoms with E-state index in [2.05, 4.69) is 24.4 Å². The molecule has 0 bridgehead atoms. The van der Waals surface area contributed by atoms with Gasteiger partial charge in [0.15, 0.2) is 0 Å². The number of nitrogens with two attached hydrogens (primary N) is 1. The number of para-hydroxylation sites is 1. The molecule has 2 aromatic carbocycles. The molecule has 3 heteroatoms. The normalized spacial score (nSPS) is 12.1. The highest BCUT2D eigenvalue weighted by Gasteiger charge is 2.09. The average Bonchev–Trinajstić information content (AvgIpc) is 2.53. The van der Waals surface area contributed by atoms with Crippen LogP contribution in [0.15, 0.2) is 54.6 Å². The summed E-state index contributed by atoms with van der Waals surface area (Å²) >= 11 is 0. The molecule has 1 unspecified atom stereocenters. The van der Waals surface area contributed by atoms with Gasteiger partial charge in [-0.15, -0.1) is 0 Å². The third kappa shape index (κ3) is 4.88. The van der Waals surface area contributed by atoms with Crippen LogP contribution in [0.5, 0.6) is 11.5 Å². The third-order valence-corrected chi connectivity index (χ3v) is 3.37. The summed E-state index contributed by atoms with van der Waals surface area (Å²) < 4.78 is 5.81. The summed E-state index contributed by atoms with van der Waals surface area (Å²) in [7, 11) is 0. The van der Waals surface area contributed by atoms with Gasteiger partial charge in [0.05, 0.1) is 0 Å². The van der Waals surface area contributed by atoms with Crippen LogP contribution in [0, 0.1) is 0 Å². The summed E-state index contributed by atoms with van der Waals surface area (Å²) in [5.74, 6) is 1.72. The number of hydrogen-bond donors (Lipinski definition) is 2. The van der Waals surface area contributed by atoms with Crippen LogP contribution >= 0.6 is 0 Å². The van der Waals surface area contributed by atoms with Gasteiger partial charge in [-0.05, 0) is 36.2 Å². The van der Waals surface area contributed by atoms with Crippen LogP contribution in [0.25, 0.3) is 0 Å². The summed E-state index contributed by atoms with van der Waals surface area (Å²) in [4.78, 5) is 0. The highest BCUT2D eigenvalue weighted by molar-refractivity contribution is 5.33. The van der Waals surface area contributed by atoms with Crippen LogP contribution < -0.4 is 15.8 Å². The quantitative estimate of drug-likeness (QED) is 0.773. The molecule has 0 aliphatic carbocycles. The molecule has 0 amide bonds. The molecule has 0 saturated carbocycles. The number of nitrogens with one attached hydrogen (secondary N) is 1. The van der Waals surface area contributed by atoms with Crippen molar-refractivity contribution >= 4 is 0 Å². The highest BCUT2D eigenvalue weighted by atomic mass is 16.5. The summed E-state index contributed by atoms with van der Waals surface area (Å²) in [5.41, 5.74) is 6.86. The lowest BCUT2D eigenvalue weighted by Crippen LogP contribution is -2.27. The minimum atomic E-state index is 0.365. The van der Waals surface area contributed by atoms with E-state index in [-0.39, 0.29) is 0 Å². The molecule has 0 radical (unpaired) electrons. The predicted octanol–water partition coefficient (Wildman–Crippen LogP) is 3.87. The van der Waals surface area contributed by atoms with E-state index in [1.807, 2.05) is 42.5 Å². The first-order chi connectivity index (χ1) is 10.3. The Morgan fingerprint density at radius 1 is 1.00 bits per heavy atom. The monoisotopic (exact) mass is 284 g/mol. The van der Waals surface area contributed by atoms with E-state index in [0.717, 1.165) is 30.9 Å². The molecule has 0 aliphatic heterocycles. The largest absolute Gasteiger partial charge is 0.457 e. The Morgan fingerprint density at radius 3 is 2.29 bits per heavy atom. The Labute approximate surface area is 127 Å². The second-order valence-electron chi connectivity index (χ2n) is 5.07. The fourth-order valence-electron chi connectivity index (χ4n) is 2.33. The molecular weight excluding hydrogens is 260 g/mol. The van der Waals surface area contributed by atoms with Crippen molar-refractivity contribution in [3.8, 4) is 11.5 Å². The molecule has 0 fully saturated rings. The molecule has 0 saturated heterocycles. The zero-order valence-electron chi connectivity index (χ0n) is 12.6. The minimum Gasteiger partial charge on any atom is -0.457 e. The van der Waals surface area contributed by atoms with Crippen molar-refractivity contribution in [1.29, 1.82) is 0 Å². The second kappa shape index (κ2) is 8.45. The average molecular weight is 284 g/mol. The molecule has 0 spiro atoms. The predicted molar refractivity (Wildman–Crippen MR) is 87.7 cm³/mol. The molecule has 3 N–H and O–H groups in total. The standard InChI is InChI=1S/C18H24N2O/c1-2-6-18(20-14-13-19)15-9-11-17(12-10-15)21-16-7-4-3-5-8-16/h3-5,7-12,18,20H,2,6,13-14,19H2,1H3. The minimum absolute atomic E-state index is 0.365. The van der Waals surface area contributed by atoms with E-state index in [1.165, 1.54) is 5.56 Å². The van der Waals surface area contributed by atoms with Crippen LogP contribution in [-0.4, -0.2) is 13.1 Å². The first-order valence-corrected chi connectivity index (χ1v) is 7.59. The van der Waals surface area contributed by atoms with Gasteiger partial charge >= 0.3 is 0 Å². The van der Waals surface area contributed by atoms with Gasteiger partial charge in [-0.1, -0.05) is 43.7 Å². The molecule has 3 nitrogen and oxygen atoms in total. The maximum absolute atomic E-state index is 5.81. The number of hydrogen-bond acceptors (Lipinski definition) is 3. The van der Waals surface area contributed by atoms with Crippen LogP contribution in [0.2, 0.25) is 0 Å². The van der Waals surface area contributed by atoms with E-state index in [1.54, 1.807) is 0 Å². The van der Waals surface area contributed by atoms with E-state index in [4.69, 9.17) is 10.5 Å². The number of rotatable bonds is 8. The molecule has 2 rings (SSSR count). The molecule has 0 aliphatic rings. The Morgan fingerprint density at radius 2 is 1.67 bits per heavy atom. The maximum Gasteiger partial charge on any atom is 0.127 e. The van der Waals surface area contributed by atoms with Gasteiger partial charge in [0, 0.05) is 19.1 Å². The molecule has 0 aromatic heterocycles. The van der Waals surface area contributed by atoms with Crippen LogP contribution in [-0.2, 0) is 0 Å². The summed E-state index contributed by atoms with van der Waals surface area (Å²) in [6.45, 7) is 3.70. The van der Waals surface area contributed by atoms with Gasteiger partial charge in [0.25, 0.3) is 0 Å². The first kappa shape index (κ1) is 15.5. The molecule has 21 heavy (non-hydrogen) atoms. The van der Waals surface area contributed by atoms with E-state index in [0.29, 0.717) is 12.6 Å². The molecular formula is C18H24N2O. The van der Waals surface area contributed by atoms with Gasteiger partial charge in [0.2, 0.25) is 0 Å². The molecule has 112 valence electrons. The lowest BCUT2D eigenvalue weighted by atomic mass is 10.0. The van der Waals surface area contributed by atoms with Gasteiger partial charge < -0.3 is 15.8 Å². The Bertz CT molecular complexity index is 511. The van der Waals surface area contributed by atoms with Crippen LogP contribution in [0.3, 0.4) is 0 Å². The van der Waals surface area contributed by atoms with Crippen molar-refractivity contribution in [3.63, 3.8) is 0 Å². The topological polar surface area (TPSA) is 47.3 Å². The van der Waals surface area contributed by atoms with Crippen LogP contribution in [0.4, 0.5) is 0 Å². The van der Waals surface area contributed by atoms with E-state index in [9.17, 15) is 0 Å². The number of benzene rings is 2. The first-order valence-electron chi connectivity index (χ1n) is 7.59. The smallest absolute Gasteiger partial charge is 0.127 e. The van der Waals surface area contributed by atoms with Crippen LogP contribution in [0.1, 0.15) is 31.4 Å². The molecule has 1 atom stereocenters. The van der Waals surface area contributed by atoms with Gasteiger partial charge in [0.1, 0.15) is 11.5 Å². The lowest BCUT2D eigenvalue weighted by Gasteiger charge is -2.18. The van der Waals surface area contributed by atoms with E-state index >= 15 is 0 Å². The summed E-state index contributed by atoms with van der Waals surface area (Å²) in [6.07, 6.45) is 2.25. The summed E-state index contributed by atoms with van der Waals surface area (Å²) in [5, 5.41) is 3.49. The van der Waals surface area contributed by atoms with Crippen molar-refractivity contribution in [2.45, 2.75) is 25.8 Å². The molecule has 2 aromatic rings. The summed E-state index contributed by atoms with van der Waals surface area (Å²) in [6, 6.07) is 18.5. The Hall–Kier alpha value is -1.84. The second-order valence-corrected chi connectivity index (χ2v) is 5.07. The van der Waals surface area contributed by atoms with Crippen molar-refractivity contribution < 1.29 is 4.74 Å². The number of ether oxygens (including phenoxy) is 1. The maximum atomic E-state index is 5.81.